The molecule has 0 aromatic carbocycles. The minimum Gasteiger partial charge on any atom is -0.481 e. The molecule has 0 aromatic rings. The van der Waals surface area contributed by atoms with Gasteiger partial charge in [0.1, 0.15) is 0 Å². The third-order valence-corrected chi connectivity index (χ3v) is 1.94. The van der Waals surface area contributed by atoms with E-state index >= 15 is 0 Å². The molecule has 74 valence electrons. The molecule has 1 aliphatic rings. The first-order chi connectivity index (χ1) is 6.13. The van der Waals surface area contributed by atoms with E-state index in [1.807, 2.05) is 6.92 Å². The fraction of sp³-hybridized carbons (Fsp3) is 0.750. The van der Waals surface area contributed by atoms with Gasteiger partial charge in [0.05, 0.1) is 25.5 Å². The first-order valence-electron chi connectivity index (χ1n) is 4.32. The molecule has 1 amide bonds. The Labute approximate surface area is 76.2 Å². The summed E-state index contributed by atoms with van der Waals surface area (Å²) < 4.78 is 0. The number of carbonyl (C=O) groups is 2. The summed E-state index contributed by atoms with van der Waals surface area (Å²) in [6, 6.07) is 0. The van der Waals surface area contributed by atoms with Gasteiger partial charge in [-0.2, -0.15) is 0 Å². The molecule has 13 heavy (non-hydrogen) atoms. The van der Waals surface area contributed by atoms with Crippen molar-refractivity contribution in [2.75, 3.05) is 6.54 Å². The van der Waals surface area contributed by atoms with Gasteiger partial charge in [-0.05, 0) is 6.42 Å². The summed E-state index contributed by atoms with van der Waals surface area (Å²) in [4.78, 5) is 26.6. The van der Waals surface area contributed by atoms with Crippen LogP contribution in [0, 0.1) is 0 Å². The first-order valence-corrected chi connectivity index (χ1v) is 4.32. The van der Waals surface area contributed by atoms with Gasteiger partial charge in [-0.25, -0.2) is 5.06 Å². The van der Waals surface area contributed by atoms with Gasteiger partial charge >= 0.3 is 5.97 Å². The fourth-order valence-corrected chi connectivity index (χ4v) is 1.17. The largest absolute Gasteiger partial charge is 0.481 e. The van der Waals surface area contributed by atoms with Gasteiger partial charge in [0.15, 0.2) is 0 Å². The first kappa shape index (κ1) is 9.98. The van der Waals surface area contributed by atoms with E-state index in [9.17, 15) is 9.59 Å². The molecule has 5 nitrogen and oxygen atoms in total. The van der Waals surface area contributed by atoms with Crippen LogP contribution < -0.4 is 0 Å². The summed E-state index contributed by atoms with van der Waals surface area (Å²) in [6.07, 6.45) is 1.01. The molecule has 0 saturated carbocycles. The second-order valence-electron chi connectivity index (χ2n) is 2.98. The van der Waals surface area contributed by atoms with Gasteiger partial charge in [-0.3, -0.25) is 14.4 Å². The Hall–Kier alpha value is -1.10. The van der Waals surface area contributed by atoms with Gasteiger partial charge < -0.3 is 5.11 Å². The molecule has 1 aliphatic heterocycles. The van der Waals surface area contributed by atoms with Crippen molar-refractivity contribution in [3.05, 3.63) is 0 Å². The Morgan fingerprint density at radius 2 is 2.46 bits per heavy atom. The van der Waals surface area contributed by atoms with E-state index in [1.54, 1.807) is 0 Å². The molecule has 0 spiro atoms. The maximum Gasteiger partial charge on any atom is 0.305 e. The quantitative estimate of drug-likeness (QED) is 0.692. The van der Waals surface area contributed by atoms with Gasteiger partial charge in [0, 0.05) is 0 Å². The maximum absolute atomic E-state index is 11.2. The third-order valence-electron chi connectivity index (χ3n) is 1.94. The number of hydrogen-bond acceptors (Lipinski definition) is 3. The highest BCUT2D eigenvalue weighted by atomic mass is 16.7. The van der Waals surface area contributed by atoms with Crippen molar-refractivity contribution in [1.82, 2.24) is 5.06 Å². The minimum absolute atomic E-state index is 0.0673. The number of rotatable bonds is 4. The van der Waals surface area contributed by atoms with E-state index < -0.39 is 5.97 Å². The number of nitrogens with zero attached hydrogens (tertiary/aromatic N) is 1. The minimum atomic E-state index is -0.920. The average molecular weight is 187 g/mol. The summed E-state index contributed by atoms with van der Waals surface area (Å²) in [6.45, 7) is 2.07. The van der Waals surface area contributed by atoms with Crippen LogP contribution in [0.15, 0.2) is 0 Å². The molecule has 5 heteroatoms. The number of carbonyl (C=O) groups excluding carboxylic acids is 1. The number of carboxylic acids is 1. The summed E-state index contributed by atoms with van der Waals surface area (Å²) in [5, 5.41) is 9.54. The second-order valence-corrected chi connectivity index (χ2v) is 2.98. The molecule has 1 rings (SSSR count). The second kappa shape index (κ2) is 4.23. The van der Waals surface area contributed by atoms with Crippen LogP contribution in [0.25, 0.3) is 0 Å². The van der Waals surface area contributed by atoms with Crippen LogP contribution in [0.3, 0.4) is 0 Å². The van der Waals surface area contributed by atoms with Crippen LogP contribution >= 0.6 is 0 Å². The van der Waals surface area contributed by atoms with E-state index in [0.29, 0.717) is 6.42 Å². The molecule has 1 atom stereocenters. The van der Waals surface area contributed by atoms with Crippen LogP contribution in [-0.4, -0.2) is 34.7 Å². The number of aliphatic carboxylic acids is 1. The SMILES string of the molecule is CCC1CC(=O)N(CCC(=O)O)O1. The van der Waals surface area contributed by atoms with E-state index in [0.717, 1.165) is 11.5 Å². The molecule has 0 bridgehead atoms. The van der Waals surface area contributed by atoms with Crippen molar-refractivity contribution in [2.45, 2.75) is 32.3 Å². The highest BCUT2D eigenvalue weighted by molar-refractivity contribution is 5.77. The summed E-state index contributed by atoms with van der Waals surface area (Å²) >= 11 is 0. The van der Waals surface area contributed by atoms with Crippen molar-refractivity contribution >= 4 is 11.9 Å². The lowest BCUT2D eigenvalue weighted by Crippen LogP contribution is -2.26. The number of carboxylic acid groups (broad SMARTS) is 1. The molecule has 1 unspecified atom stereocenters. The lowest BCUT2D eigenvalue weighted by molar-refractivity contribution is -0.175. The summed E-state index contributed by atoms with van der Waals surface area (Å²) in [5.74, 6) is -1.04. The molecule has 0 radical (unpaired) electrons. The lowest BCUT2D eigenvalue weighted by atomic mass is 10.2. The molecule has 0 aliphatic carbocycles. The Kier molecular flexibility index (Phi) is 3.25. The highest BCUT2D eigenvalue weighted by Crippen LogP contribution is 2.17. The Bertz CT molecular complexity index is 216. The van der Waals surface area contributed by atoms with Crippen molar-refractivity contribution in [1.29, 1.82) is 0 Å². The summed E-state index contributed by atoms with van der Waals surface area (Å²) in [7, 11) is 0. The Balaban J connectivity index is 2.35. The third kappa shape index (κ3) is 2.69. The van der Waals surface area contributed by atoms with E-state index in [4.69, 9.17) is 9.94 Å². The monoisotopic (exact) mass is 187 g/mol. The number of amides is 1. The predicted octanol–water partition coefficient (Wildman–Crippen LogP) is 0.404. The zero-order chi connectivity index (χ0) is 9.84. The predicted molar refractivity (Wildman–Crippen MR) is 43.7 cm³/mol. The topological polar surface area (TPSA) is 66.8 Å². The van der Waals surface area contributed by atoms with Crippen LogP contribution in [0.4, 0.5) is 0 Å². The molecule has 1 fully saturated rings. The number of hydroxylamine groups is 2. The smallest absolute Gasteiger partial charge is 0.305 e. The standard InChI is InChI=1S/C8H13NO4/c1-2-6-5-7(10)9(13-6)4-3-8(11)12/h6H,2-5H2,1H3,(H,11,12). The van der Waals surface area contributed by atoms with Crippen LogP contribution in [0.2, 0.25) is 0 Å². The molecule has 1 saturated heterocycles. The lowest BCUT2D eigenvalue weighted by Gasteiger charge is -2.14. The molecular formula is C8H13NO4. The van der Waals surface area contributed by atoms with Crippen molar-refractivity contribution < 1.29 is 19.5 Å². The van der Waals surface area contributed by atoms with Crippen LogP contribution in [0.1, 0.15) is 26.2 Å². The van der Waals surface area contributed by atoms with Crippen molar-refractivity contribution in [3.63, 3.8) is 0 Å². The molecule has 1 N–H and O–H groups in total. The molecular weight excluding hydrogens is 174 g/mol. The normalized spacial score (nSPS) is 22.4. The number of hydrogen-bond donors (Lipinski definition) is 1. The zero-order valence-corrected chi connectivity index (χ0v) is 7.52. The Morgan fingerprint density at radius 1 is 1.77 bits per heavy atom. The van der Waals surface area contributed by atoms with E-state index in [-0.39, 0.29) is 25.0 Å². The summed E-state index contributed by atoms with van der Waals surface area (Å²) in [5.41, 5.74) is 0. The van der Waals surface area contributed by atoms with Gasteiger partial charge in [-0.15, -0.1) is 0 Å². The average Bonchev–Trinajstić information content (AvgIpc) is 2.43. The van der Waals surface area contributed by atoms with Crippen LogP contribution in [0.5, 0.6) is 0 Å². The zero-order valence-electron chi connectivity index (χ0n) is 7.52. The van der Waals surface area contributed by atoms with E-state index in [1.165, 1.54) is 0 Å². The fourth-order valence-electron chi connectivity index (χ4n) is 1.17. The van der Waals surface area contributed by atoms with Crippen molar-refractivity contribution in [2.24, 2.45) is 0 Å². The van der Waals surface area contributed by atoms with E-state index in [2.05, 4.69) is 0 Å². The van der Waals surface area contributed by atoms with Crippen molar-refractivity contribution in [3.8, 4) is 0 Å². The molecule has 0 aromatic heterocycles. The van der Waals surface area contributed by atoms with Gasteiger partial charge in [-0.1, -0.05) is 6.92 Å². The maximum atomic E-state index is 11.2. The van der Waals surface area contributed by atoms with Crippen LogP contribution in [-0.2, 0) is 14.4 Å². The van der Waals surface area contributed by atoms with Gasteiger partial charge in [0.25, 0.3) is 0 Å². The molecule has 1 heterocycles. The highest BCUT2D eigenvalue weighted by Gasteiger charge is 2.29. The Morgan fingerprint density at radius 3 is 2.92 bits per heavy atom. The van der Waals surface area contributed by atoms with Gasteiger partial charge in [0.2, 0.25) is 5.91 Å².